The summed E-state index contributed by atoms with van der Waals surface area (Å²) in [6, 6.07) is 9.45. The van der Waals surface area contributed by atoms with Gasteiger partial charge >= 0.3 is 0 Å². The third kappa shape index (κ3) is 2.85. The standard InChI is InChI=1S/C14H12ClFN2O/c1-8-3-2-4-10(14(17)18)13(8)19-9-5-6-11(15)12(16)7-9/h2-7H,1H3,(H3,17,18). The Morgan fingerprint density at radius 2 is 2.05 bits per heavy atom. The molecule has 0 aliphatic rings. The van der Waals surface area contributed by atoms with Crippen LogP contribution in [0.2, 0.25) is 5.02 Å². The van der Waals surface area contributed by atoms with Gasteiger partial charge in [-0.1, -0.05) is 23.7 Å². The van der Waals surface area contributed by atoms with Crippen molar-refractivity contribution in [3.8, 4) is 11.5 Å². The molecular weight excluding hydrogens is 267 g/mol. The van der Waals surface area contributed by atoms with Crippen LogP contribution in [0, 0.1) is 18.2 Å². The maximum Gasteiger partial charge on any atom is 0.145 e. The van der Waals surface area contributed by atoms with Gasteiger partial charge in [-0.15, -0.1) is 0 Å². The van der Waals surface area contributed by atoms with Crippen molar-refractivity contribution in [2.24, 2.45) is 5.73 Å². The molecule has 2 aromatic carbocycles. The molecule has 2 aromatic rings. The highest BCUT2D eigenvalue weighted by atomic mass is 35.5. The molecule has 0 spiro atoms. The highest BCUT2D eigenvalue weighted by molar-refractivity contribution is 6.30. The molecule has 2 rings (SSSR count). The molecule has 0 saturated carbocycles. The van der Waals surface area contributed by atoms with Gasteiger partial charge in [0.1, 0.15) is 23.2 Å². The van der Waals surface area contributed by atoms with Gasteiger partial charge in [0, 0.05) is 6.07 Å². The average molecular weight is 279 g/mol. The van der Waals surface area contributed by atoms with Gasteiger partial charge < -0.3 is 10.5 Å². The molecule has 0 fully saturated rings. The van der Waals surface area contributed by atoms with Gasteiger partial charge in [-0.05, 0) is 30.7 Å². The predicted octanol–water partition coefficient (Wildman–Crippen LogP) is 3.86. The number of rotatable bonds is 3. The molecule has 0 unspecified atom stereocenters. The lowest BCUT2D eigenvalue weighted by Crippen LogP contribution is -2.12. The summed E-state index contributed by atoms with van der Waals surface area (Å²) < 4.78 is 19.0. The molecule has 19 heavy (non-hydrogen) atoms. The summed E-state index contributed by atoms with van der Waals surface area (Å²) in [4.78, 5) is 0. The van der Waals surface area contributed by atoms with Gasteiger partial charge in [0.15, 0.2) is 0 Å². The Kier molecular flexibility index (Phi) is 3.71. The molecule has 3 N–H and O–H groups in total. The Bertz CT molecular complexity index is 643. The van der Waals surface area contributed by atoms with E-state index >= 15 is 0 Å². The number of nitrogen functional groups attached to an aromatic ring is 1. The minimum atomic E-state index is -0.558. The van der Waals surface area contributed by atoms with Gasteiger partial charge in [0.2, 0.25) is 0 Å². The number of benzene rings is 2. The largest absolute Gasteiger partial charge is 0.456 e. The topological polar surface area (TPSA) is 59.1 Å². The lowest BCUT2D eigenvalue weighted by Gasteiger charge is -2.13. The van der Waals surface area contributed by atoms with Crippen molar-refractivity contribution in [2.45, 2.75) is 6.92 Å². The van der Waals surface area contributed by atoms with E-state index in [2.05, 4.69) is 0 Å². The first-order chi connectivity index (χ1) is 8.99. The second-order valence-corrected chi connectivity index (χ2v) is 4.45. The zero-order valence-electron chi connectivity index (χ0n) is 10.2. The number of hydrogen-bond acceptors (Lipinski definition) is 2. The number of ether oxygens (including phenoxy) is 1. The maximum atomic E-state index is 13.4. The number of nitrogens with one attached hydrogen (secondary N) is 1. The number of para-hydroxylation sites is 1. The third-order valence-electron chi connectivity index (χ3n) is 2.61. The van der Waals surface area contributed by atoms with Crippen molar-refractivity contribution < 1.29 is 9.13 Å². The van der Waals surface area contributed by atoms with Crippen molar-refractivity contribution in [2.75, 3.05) is 0 Å². The van der Waals surface area contributed by atoms with Crippen molar-refractivity contribution in [1.82, 2.24) is 0 Å². The molecular formula is C14H12ClFN2O. The molecule has 0 amide bonds. The van der Waals surface area contributed by atoms with E-state index in [-0.39, 0.29) is 10.9 Å². The van der Waals surface area contributed by atoms with Crippen molar-refractivity contribution >= 4 is 17.4 Å². The van der Waals surface area contributed by atoms with Crippen LogP contribution < -0.4 is 10.5 Å². The van der Waals surface area contributed by atoms with Crippen LogP contribution >= 0.6 is 11.6 Å². The van der Waals surface area contributed by atoms with Gasteiger partial charge in [-0.25, -0.2) is 4.39 Å². The predicted molar refractivity (Wildman–Crippen MR) is 73.7 cm³/mol. The summed E-state index contributed by atoms with van der Waals surface area (Å²) in [6.45, 7) is 1.83. The lowest BCUT2D eigenvalue weighted by molar-refractivity contribution is 0.472. The molecule has 0 bridgehead atoms. The first-order valence-electron chi connectivity index (χ1n) is 5.56. The van der Waals surface area contributed by atoms with Gasteiger partial charge in [0.25, 0.3) is 0 Å². The molecule has 3 nitrogen and oxygen atoms in total. The van der Waals surface area contributed by atoms with Crippen molar-refractivity contribution in [3.63, 3.8) is 0 Å². The molecule has 0 saturated heterocycles. The first kappa shape index (κ1) is 13.4. The molecule has 0 heterocycles. The van der Waals surface area contributed by atoms with E-state index in [4.69, 9.17) is 27.5 Å². The number of halogens is 2. The molecule has 0 aliphatic heterocycles. The third-order valence-corrected chi connectivity index (χ3v) is 2.92. The summed E-state index contributed by atoms with van der Waals surface area (Å²) in [5, 5.41) is 7.55. The molecule has 0 radical (unpaired) electrons. The zero-order valence-corrected chi connectivity index (χ0v) is 11.0. The van der Waals surface area contributed by atoms with Crippen LogP contribution in [0.1, 0.15) is 11.1 Å². The minimum absolute atomic E-state index is 0.0314. The van der Waals surface area contributed by atoms with E-state index < -0.39 is 5.82 Å². The SMILES string of the molecule is Cc1cccc(C(=N)N)c1Oc1ccc(Cl)c(F)c1. The number of hydrogen-bond donors (Lipinski definition) is 2. The van der Waals surface area contributed by atoms with Crippen LogP contribution in [0.5, 0.6) is 11.5 Å². The van der Waals surface area contributed by atoms with Crippen LogP contribution in [0.4, 0.5) is 4.39 Å². The Morgan fingerprint density at radius 1 is 1.32 bits per heavy atom. The van der Waals surface area contributed by atoms with E-state index in [1.54, 1.807) is 18.2 Å². The summed E-state index contributed by atoms with van der Waals surface area (Å²) in [6.07, 6.45) is 0. The van der Waals surface area contributed by atoms with Gasteiger partial charge in [-0.3, -0.25) is 5.41 Å². The van der Waals surface area contributed by atoms with E-state index in [9.17, 15) is 4.39 Å². The Morgan fingerprint density at radius 3 is 2.68 bits per heavy atom. The Labute approximate surface area is 115 Å². The molecule has 5 heteroatoms. The smallest absolute Gasteiger partial charge is 0.145 e. The average Bonchev–Trinajstić information content (AvgIpc) is 2.36. The van der Waals surface area contributed by atoms with E-state index in [0.717, 1.165) is 5.56 Å². The minimum Gasteiger partial charge on any atom is -0.456 e. The second-order valence-electron chi connectivity index (χ2n) is 4.04. The van der Waals surface area contributed by atoms with Crippen LogP contribution in [-0.4, -0.2) is 5.84 Å². The quantitative estimate of drug-likeness (QED) is 0.661. The Balaban J connectivity index is 2.42. The lowest BCUT2D eigenvalue weighted by atomic mass is 10.1. The monoisotopic (exact) mass is 278 g/mol. The summed E-state index contributed by atoms with van der Waals surface area (Å²) >= 11 is 5.61. The van der Waals surface area contributed by atoms with Crippen LogP contribution in [0.3, 0.4) is 0 Å². The number of amidine groups is 1. The fourth-order valence-corrected chi connectivity index (χ4v) is 1.78. The van der Waals surface area contributed by atoms with Crippen molar-refractivity contribution in [3.05, 3.63) is 58.4 Å². The molecule has 0 atom stereocenters. The van der Waals surface area contributed by atoms with E-state index in [0.29, 0.717) is 17.1 Å². The fraction of sp³-hybridized carbons (Fsp3) is 0.0714. The van der Waals surface area contributed by atoms with E-state index in [1.807, 2.05) is 13.0 Å². The summed E-state index contributed by atoms with van der Waals surface area (Å²) in [7, 11) is 0. The summed E-state index contributed by atoms with van der Waals surface area (Å²) in [5.74, 6) is 0.0840. The van der Waals surface area contributed by atoms with Crippen LogP contribution in [-0.2, 0) is 0 Å². The fourth-order valence-electron chi connectivity index (χ4n) is 1.66. The number of aryl methyl sites for hydroxylation is 1. The van der Waals surface area contributed by atoms with Gasteiger partial charge in [-0.2, -0.15) is 0 Å². The van der Waals surface area contributed by atoms with Crippen molar-refractivity contribution in [1.29, 1.82) is 5.41 Å². The maximum absolute atomic E-state index is 13.4. The molecule has 0 aliphatic carbocycles. The molecule has 0 aromatic heterocycles. The summed E-state index contributed by atoms with van der Waals surface area (Å²) in [5.41, 5.74) is 6.78. The second kappa shape index (κ2) is 5.28. The zero-order chi connectivity index (χ0) is 14.0. The Hall–Kier alpha value is -2.07. The first-order valence-corrected chi connectivity index (χ1v) is 5.93. The van der Waals surface area contributed by atoms with E-state index in [1.165, 1.54) is 12.1 Å². The molecule has 98 valence electrons. The number of nitrogens with two attached hydrogens (primary N) is 1. The van der Waals surface area contributed by atoms with Crippen LogP contribution in [0.25, 0.3) is 0 Å². The van der Waals surface area contributed by atoms with Crippen LogP contribution in [0.15, 0.2) is 36.4 Å². The normalized spacial score (nSPS) is 10.3. The highest BCUT2D eigenvalue weighted by Crippen LogP contribution is 2.30. The van der Waals surface area contributed by atoms with Gasteiger partial charge in [0.05, 0.1) is 10.6 Å². The highest BCUT2D eigenvalue weighted by Gasteiger charge is 2.11.